The summed E-state index contributed by atoms with van der Waals surface area (Å²) < 4.78 is 25.2. The van der Waals surface area contributed by atoms with Gasteiger partial charge in [0.15, 0.2) is 0 Å². The highest BCUT2D eigenvalue weighted by Gasteiger charge is 2.17. The molecule has 0 bridgehead atoms. The number of amides is 2. The van der Waals surface area contributed by atoms with Gasteiger partial charge in [-0.2, -0.15) is 0 Å². The number of rotatable bonds is 8. The Bertz CT molecular complexity index is 865. The standard InChI is InChI=1S/C18H21N3O4S/c1-26(24,25)21(16-6-3-2-4-7-16)13-5-8-17(22)20-15-11-9-14(10-12-15)18(19)23/h2-4,6-7,9-12H,5,8,13H2,1H3,(H2,19,23)(H,20,22). The molecule has 2 rings (SSSR count). The SMILES string of the molecule is CS(=O)(=O)N(CCCC(=O)Nc1ccc(C(N)=O)cc1)c1ccccc1. The second kappa shape index (κ2) is 8.48. The van der Waals surface area contributed by atoms with Gasteiger partial charge >= 0.3 is 0 Å². The molecular weight excluding hydrogens is 354 g/mol. The second-order valence-electron chi connectivity index (χ2n) is 5.76. The van der Waals surface area contributed by atoms with E-state index in [9.17, 15) is 18.0 Å². The number of anilines is 2. The van der Waals surface area contributed by atoms with Crippen molar-refractivity contribution < 1.29 is 18.0 Å². The first kappa shape index (κ1) is 19.5. The summed E-state index contributed by atoms with van der Waals surface area (Å²) in [5.74, 6) is -0.775. The van der Waals surface area contributed by atoms with E-state index in [1.54, 1.807) is 42.5 Å². The lowest BCUT2D eigenvalue weighted by atomic mass is 10.2. The number of primary amides is 1. The van der Waals surface area contributed by atoms with Gasteiger partial charge in [-0.25, -0.2) is 8.42 Å². The summed E-state index contributed by atoms with van der Waals surface area (Å²) in [7, 11) is -3.43. The minimum Gasteiger partial charge on any atom is -0.366 e. The number of nitrogens with one attached hydrogen (secondary N) is 1. The first-order valence-corrected chi connectivity index (χ1v) is 9.84. The van der Waals surface area contributed by atoms with E-state index in [4.69, 9.17) is 5.73 Å². The van der Waals surface area contributed by atoms with Crippen LogP contribution in [-0.4, -0.2) is 33.0 Å². The van der Waals surface area contributed by atoms with Crippen LogP contribution in [0, 0.1) is 0 Å². The van der Waals surface area contributed by atoms with E-state index in [2.05, 4.69) is 5.32 Å². The van der Waals surface area contributed by atoms with E-state index in [1.807, 2.05) is 0 Å². The zero-order valence-corrected chi connectivity index (χ0v) is 15.2. The summed E-state index contributed by atoms with van der Waals surface area (Å²) in [5, 5.41) is 2.70. The van der Waals surface area contributed by atoms with Crippen molar-refractivity contribution >= 4 is 33.2 Å². The van der Waals surface area contributed by atoms with Crippen LogP contribution in [0.5, 0.6) is 0 Å². The Hall–Kier alpha value is -2.87. The number of carbonyl (C=O) groups is 2. The fourth-order valence-electron chi connectivity index (χ4n) is 2.41. The number of benzene rings is 2. The van der Waals surface area contributed by atoms with E-state index in [1.165, 1.54) is 16.4 Å². The Morgan fingerprint density at radius 2 is 1.65 bits per heavy atom. The smallest absolute Gasteiger partial charge is 0.248 e. The summed E-state index contributed by atoms with van der Waals surface area (Å²) in [6, 6.07) is 15.0. The number of sulfonamides is 1. The lowest BCUT2D eigenvalue weighted by Gasteiger charge is -2.22. The zero-order valence-electron chi connectivity index (χ0n) is 14.4. The Morgan fingerprint density at radius 3 is 2.19 bits per heavy atom. The predicted octanol–water partition coefficient (Wildman–Crippen LogP) is 1.97. The average molecular weight is 375 g/mol. The van der Waals surface area contributed by atoms with Gasteiger partial charge in [-0.05, 0) is 42.8 Å². The third-order valence-corrected chi connectivity index (χ3v) is 4.86. The van der Waals surface area contributed by atoms with Crippen molar-refractivity contribution in [3.63, 3.8) is 0 Å². The maximum absolute atomic E-state index is 12.0. The van der Waals surface area contributed by atoms with Gasteiger partial charge in [0.05, 0.1) is 11.9 Å². The minimum atomic E-state index is -3.43. The van der Waals surface area contributed by atoms with Crippen molar-refractivity contribution in [3.8, 4) is 0 Å². The van der Waals surface area contributed by atoms with Crippen LogP contribution in [0.3, 0.4) is 0 Å². The molecule has 0 aliphatic rings. The first-order chi connectivity index (χ1) is 12.3. The van der Waals surface area contributed by atoms with Crippen molar-refractivity contribution in [1.82, 2.24) is 0 Å². The van der Waals surface area contributed by atoms with Gasteiger partial charge in [0.1, 0.15) is 0 Å². The van der Waals surface area contributed by atoms with E-state index >= 15 is 0 Å². The highest BCUT2D eigenvalue weighted by Crippen LogP contribution is 2.17. The molecule has 0 radical (unpaired) electrons. The van der Waals surface area contributed by atoms with Crippen LogP contribution in [0.2, 0.25) is 0 Å². The summed E-state index contributed by atoms with van der Waals surface area (Å²) in [6.45, 7) is 0.205. The Labute approximate surface area is 152 Å². The van der Waals surface area contributed by atoms with Crippen LogP contribution in [0.25, 0.3) is 0 Å². The molecule has 0 aromatic heterocycles. The molecule has 2 aromatic carbocycles. The molecule has 0 saturated carbocycles. The van der Waals surface area contributed by atoms with E-state index in [0.717, 1.165) is 6.26 Å². The average Bonchev–Trinajstić information content (AvgIpc) is 2.59. The summed E-state index contributed by atoms with van der Waals surface area (Å²) in [5.41, 5.74) is 6.63. The van der Waals surface area contributed by atoms with Crippen molar-refractivity contribution in [1.29, 1.82) is 0 Å². The van der Waals surface area contributed by atoms with Gasteiger partial charge in [-0.3, -0.25) is 13.9 Å². The Morgan fingerprint density at radius 1 is 1.04 bits per heavy atom. The van der Waals surface area contributed by atoms with Gasteiger partial charge in [-0.15, -0.1) is 0 Å². The van der Waals surface area contributed by atoms with Crippen LogP contribution in [0.1, 0.15) is 23.2 Å². The molecule has 138 valence electrons. The minimum absolute atomic E-state index is 0.163. The van der Waals surface area contributed by atoms with E-state index < -0.39 is 15.9 Å². The summed E-state index contributed by atoms with van der Waals surface area (Å²) in [6.07, 6.45) is 1.67. The predicted molar refractivity (Wildman–Crippen MR) is 101 cm³/mol. The molecule has 0 fully saturated rings. The van der Waals surface area contributed by atoms with Crippen molar-refractivity contribution in [2.75, 3.05) is 22.4 Å². The third-order valence-electron chi connectivity index (χ3n) is 3.66. The monoisotopic (exact) mass is 375 g/mol. The van der Waals surface area contributed by atoms with Crippen molar-refractivity contribution in [2.24, 2.45) is 5.73 Å². The zero-order chi connectivity index (χ0) is 19.2. The molecule has 0 aliphatic carbocycles. The number of nitrogens with two attached hydrogens (primary N) is 1. The molecule has 0 atom stereocenters. The molecule has 0 aliphatic heterocycles. The van der Waals surface area contributed by atoms with Gasteiger partial charge in [0, 0.05) is 24.2 Å². The fraction of sp³-hybridized carbons (Fsp3) is 0.222. The normalized spacial score (nSPS) is 11.0. The van der Waals surface area contributed by atoms with Crippen molar-refractivity contribution in [2.45, 2.75) is 12.8 Å². The molecule has 0 unspecified atom stereocenters. The van der Waals surface area contributed by atoms with Crippen molar-refractivity contribution in [3.05, 3.63) is 60.2 Å². The molecule has 3 N–H and O–H groups in total. The highest BCUT2D eigenvalue weighted by atomic mass is 32.2. The third kappa shape index (κ3) is 5.59. The van der Waals surface area contributed by atoms with Crippen LogP contribution in [-0.2, 0) is 14.8 Å². The topological polar surface area (TPSA) is 110 Å². The molecule has 8 heteroatoms. The fourth-order valence-corrected chi connectivity index (χ4v) is 3.37. The van der Waals surface area contributed by atoms with Crippen LogP contribution < -0.4 is 15.4 Å². The molecule has 0 saturated heterocycles. The second-order valence-corrected chi connectivity index (χ2v) is 7.67. The quantitative estimate of drug-likeness (QED) is 0.735. The molecule has 0 spiro atoms. The number of para-hydroxylation sites is 1. The van der Waals surface area contributed by atoms with Gasteiger partial charge < -0.3 is 11.1 Å². The lowest BCUT2D eigenvalue weighted by molar-refractivity contribution is -0.116. The Kier molecular flexibility index (Phi) is 6.35. The molecule has 26 heavy (non-hydrogen) atoms. The number of carbonyl (C=O) groups excluding carboxylic acids is 2. The van der Waals surface area contributed by atoms with E-state index in [-0.39, 0.29) is 18.9 Å². The molecular formula is C18H21N3O4S. The van der Waals surface area contributed by atoms with Gasteiger partial charge in [-0.1, -0.05) is 18.2 Å². The maximum Gasteiger partial charge on any atom is 0.248 e. The lowest BCUT2D eigenvalue weighted by Crippen LogP contribution is -2.31. The first-order valence-electron chi connectivity index (χ1n) is 8.00. The Balaban J connectivity index is 1.91. The largest absolute Gasteiger partial charge is 0.366 e. The van der Waals surface area contributed by atoms with Gasteiger partial charge in [0.25, 0.3) is 0 Å². The van der Waals surface area contributed by atoms with Crippen LogP contribution in [0.4, 0.5) is 11.4 Å². The number of hydrogen-bond donors (Lipinski definition) is 2. The number of nitrogens with zero attached hydrogens (tertiary/aromatic N) is 1. The highest BCUT2D eigenvalue weighted by molar-refractivity contribution is 7.92. The van der Waals surface area contributed by atoms with E-state index in [0.29, 0.717) is 23.4 Å². The summed E-state index contributed by atoms with van der Waals surface area (Å²) >= 11 is 0. The maximum atomic E-state index is 12.0. The van der Waals surface area contributed by atoms with Crippen LogP contribution >= 0.6 is 0 Å². The molecule has 2 aromatic rings. The molecule has 0 heterocycles. The van der Waals surface area contributed by atoms with Crippen LogP contribution in [0.15, 0.2) is 54.6 Å². The molecule has 7 nitrogen and oxygen atoms in total. The number of hydrogen-bond acceptors (Lipinski definition) is 4. The summed E-state index contributed by atoms with van der Waals surface area (Å²) in [4.78, 5) is 23.0. The van der Waals surface area contributed by atoms with Gasteiger partial charge in [0.2, 0.25) is 21.8 Å². The molecule has 2 amide bonds.